The Morgan fingerprint density at radius 3 is 3.05 bits per heavy atom. The molecule has 100 valence electrons. The Kier molecular flexibility index (Phi) is 4.31. The van der Waals surface area contributed by atoms with E-state index in [1.165, 1.54) is 36.4 Å². The van der Waals surface area contributed by atoms with Crippen LogP contribution < -0.4 is 5.32 Å². The van der Waals surface area contributed by atoms with Crippen LogP contribution in [0.2, 0.25) is 0 Å². The van der Waals surface area contributed by atoms with Crippen LogP contribution in [0.1, 0.15) is 24.3 Å². The van der Waals surface area contributed by atoms with Gasteiger partial charge in [0.1, 0.15) is 0 Å². The van der Waals surface area contributed by atoms with Gasteiger partial charge in [0.2, 0.25) is 0 Å². The van der Waals surface area contributed by atoms with Crippen molar-refractivity contribution >= 4 is 27.3 Å². The van der Waals surface area contributed by atoms with E-state index in [0.29, 0.717) is 6.04 Å². The second-order valence-electron chi connectivity index (χ2n) is 4.94. The fourth-order valence-corrected chi connectivity index (χ4v) is 3.82. The summed E-state index contributed by atoms with van der Waals surface area (Å²) in [7, 11) is 0. The predicted octanol–water partition coefficient (Wildman–Crippen LogP) is 4.26. The SMILES string of the molecule is Brc1ccccc1-c1csc(CCC2CCCN2)n1. The summed E-state index contributed by atoms with van der Waals surface area (Å²) in [6.07, 6.45) is 4.95. The van der Waals surface area contributed by atoms with Crippen molar-refractivity contribution in [3.63, 3.8) is 0 Å². The number of halogens is 1. The summed E-state index contributed by atoms with van der Waals surface area (Å²) in [6.45, 7) is 1.19. The molecule has 0 radical (unpaired) electrons. The molecule has 2 heterocycles. The number of rotatable bonds is 4. The lowest BCUT2D eigenvalue weighted by molar-refractivity contribution is 0.558. The van der Waals surface area contributed by atoms with Gasteiger partial charge in [-0.3, -0.25) is 0 Å². The van der Waals surface area contributed by atoms with Crippen molar-refractivity contribution in [2.24, 2.45) is 0 Å². The first-order valence-electron chi connectivity index (χ1n) is 6.75. The molecule has 1 N–H and O–H groups in total. The highest BCUT2D eigenvalue weighted by molar-refractivity contribution is 9.10. The molecule has 1 aromatic carbocycles. The molecular formula is C15H17BrN2S. The van der Waals surface area contributed by atoms with Crippen LogP contribution in [0.25, 0.3) is 11.3 Å². The molecule has 2 nitrogen and oxygen atoms in total. The average Bonchev–Trinajstić information content (AvgIpc) is 3.08. The molecule has 3 rings (SSSR count). The summed E-state index contributed by atoms with van der Waals surface area (Å²) in [5, 5.41) is 6.96. The molecule has 0 spiro atoms. The molecule has 1 unspecified atom stereocenters. The zero-order chi connectivity index (χ0) is 13.1. The standard InChI is InChI=1S/C15H17BrN2S/c16-13-6-2-1-5-12(13)14-10-19-15(18-14)8-7-11-4-3-9-17-11/h1-2,5-6,10-11,17H,3-4,7-9H2. The van der Waals surface area contributed by atoms with Crippen molar-refractivity contribution in [3.8, 4) is 11.3 Å². The summed E-state index contributed by atoms with van der Waals surface area (Å²) in [4.78, 5) is 4.76. The third-order valence-corrected chi connectivity index (χ3v) is 5.17. The molecule has 19 heavy (non-hydrogen) atoms. The van der Waals surface area contributed by atoms with E-state index in [1.54, 1.807) is 11.3 Å². The summed E-state index contributed by atoms with van der Waals surface area (Å²) in [5.74, 6) is 0. The van der Waals surface area contributed by atoms with Gasteiger partial charge in [-0.15, -0.1) is 11.3 Å². The number of benzene rings is 1. The summed E-state index contributed by atoms with van der Waals surface area (Å²) >= 11 is 5.37. The molecule has 1 atom stereocenters. The van der Waals surface area contributed by atoms with E-state index in [4.69, 9.17) is 4.98 Å². The van der Waals surface area contributed by atoms with Gasteiger partial charge in [-0.05, 0) is 31.9 Å². The maximum atomic E-state index is 4.76. The third-order valence-electron chi connectivity index (χ3n) is 3.57. The first-order chi connectivity index (χ1) is 9.33. The number of aromatic nitrogens is 1. The molecule has 1 aromatic heterocycles. The second-order valence-corrected chi connectivity index (χ2v) is 6.74. The topological polar surface area (TPSA) is 24.9 Å². The van der Waals surface area contributed by atoms with Crippen LogP contribution in [0, 0.1) is 0 Å². The fraction of sp³-hybridized carbons (Fsp3) is 0.400. The van der Waals surface area contributed by atoms with Gasteiger partial charge in [-0.25, -0.2) is 4.98 Å². The van der Waals surface area contributed by atoms with E-state index in [0.717, 1.165) is 16.6 Å². The molecule has 1 fully saturated rings. The Bertz CT molecular complexity index is 547. The molecule has 1 aliphatic rings. The Balaban J connectivity index is 1.67. The number of nitrogens with one attached hydrogen (secondary N) is 1. The quantitative estimate of drug-likeness (QED) is 0.902. The van der Waals surface area contributed by atoms with Crippen LogP contribution >= 0.6 is 27.3 Å². The normalized spacial score (nSPS) is 18.9. The Morgan fingerprint density at radius 1 is 1.37 bits per heavy atom. The Labute approximate surface area is 126 Å². The summed E-state index contributed by atoms with van der Waals surface area (Å²) in [5.41, 5.74) is 2.27. The smallest absolute Gasteiger partial charge is 0.0933 e. The zero-order valence-corrected chi connectivity index (χ0v) is 13.1. The van der Waals surface area contributed by atoms with Gasteiger partial charge in [0.25, 0.3) is 0 Å². The molecule has 1 aliphatic heterocycles. The molecule has 0 bridgehead atoms. The Morgan fingerprint density at radius 2 is 2.26 bits per heavy atom. The zero-order valence-electron chi connectivity index (χ0n) is 10.7. The maximum absolute atomic E-state index is 4.76. The first-order valence-corrected chi connectivity index (χ1v) is 8.43. The van der Waals surface area contributed by atoms with E-state index < -0.39 is 0 Å². The van der Waals surface area contributed by atoms with Crippen molar-refractivity contribution in [1.29, 1.82) is 0 Å². The van der Waals surface area contributed by atoms with E-state index in [1.807, 2.05) is 6.07 Å². The van der Waals surface area contributed by atoms with Gasteiger partial charge in [-0.2, -0.15) is 0 Å². The van der Waals surface area contributed by atoms with E-state index in [2.05, 4.69) is 44.8 Å². The minimum absolute atomic E-state index is 0.704. The minimum atomic E-state index is 0.704. The lowest BCUT2D eigenvalue weighted by Crippen LogP contribution is -2.21. The summed E-state index contributed by atoms with van der Waals surface area (Å²) < 4.78 is 1.12. The van der Waals surface area contributed by atoms with Gasteiger partial charge in [-0.1, -0.05) is 34.1 Å². The molecular weight excluding hydrogens is 320 g/mol. The van der Waals surface area contributed by atoms with Gasteiger partial charge >= 0.3 is 0 Å². The molecule has 2 aromatic rings. The van der Waals surface area contributed by atoms with Crippen LogP contribution in [0.3, 0.4) is 0 Å². The van der Waals surface area contributed by atoms with E-state index in [-0.39, 0.29) is 0 Å². The van der Waals surface area contributed by atoms with E-state index >= 15 is 0 Å². The van der Waals surface area contributed by atoms with Crippen molar-refractivity contribution in [2.45, 2.75) is 31.7 Å². The monoisotopic (exact) mass is 336 g/mol. The van der Waals surface area contributed by atoms with E-state index in [9.17, 15) is 0 Å². The lowest BCUT2D eigenvalue weighted by Gasteiger charge is -2.07. The lowest BCUT2D eigenvalue weighted by atomic mass is 10.1. The van der Waals surface area contributed by atoms with Gasteiger partial charge < -0.3 is 5.32 Å². The highest BCUT2D eigenvalue weighted by Crippen LogP contribution is 2.29. The first kappa shape index (κ1) is 13.3. The number of aryl methyl sites for hydroxylation is 1. The number of hydrogen-bond donors (Lipinski definition) is 1. The molecule has 0 aliphatic carbocycles. The largest absolute Gasteiger partial charge is 0.314 e. The summed E-state index contributed by atoms with van der Waals surface area (Å²) in [6, 6.07) is 8.97. The molecule has 0 saturated carbocycles. The number of thiazole rings is 1. The van der Waals surface area contributed by atoms with Crippen molar-refractivity contribution < 1.29 is 0 Å². The second kappa shape index (κ2) is 6.16. The van der Waals surface area contributed by atoms with Crippen LogP contribution in [0.4, 0.5) is 0 Å². The van der Waals surface area contributed by atoms with Crippen molar-refractivity contribution in [2.75, 3.05) is 6.54 Å². The highest BCUT2D eigenvalue weighted by atomic mass is 79.9. The predicted molar refractivity (Wildman–Crippen MR) is 84.6 cm³/mol. The third kappa shape index (κ3) is 3.25. The van der Waals surface area contributed by atoms with Crippen molar-refractivity contribution in [3.05, 3.63) is 39.1 Å². The maximum Gasteiger partial charge on any atom is 0.0933 e. The van der Waals surface area contributed by atoms with Gasteiger partial charge in [0, 0.05) is 27.9 Å². The molecule has 4 heteroatoms. The van der Waals surface area contributed by atoms with Crippen LogP contribution in [0.15, 0.2) is 34.1 Å². The number of hydrogen-bond acceptors (Lipinski definition) is 3. The fourth-order valence-electron chi connectivity index (χ4n) is 2.52. The van der Waals surface area contributed by atoms with Gasteiger partial charge in [0.15, 0.2) is 0 Å². The van der Waals surface area contributed by atoms with Crippen molar-refractivity contribution in [1.82, 2.24) is 10.3 Å². The minimum Gasteiger partial charge on any atom is -0.314 e. The number of nitrogens with zero attached hydrogens (tertiary/aromatic N) is 1. The average molecular weight is 337 g/mol. The molecule has 0 amide bonds. The van der Waals surface area contributed by atoms with Gasteiger partial charge in [0.05, 0.1) is 10.7 Å². The van der Waals surface area contributed by atoms with Crippen LogP contribution in [-0.2, 0) is 6.42 Å². The highest BCUT2D eigenvalue weighted by Gasteiger charge is 2.15. The molecule has 1 saturated heterocycles. The Hall–Kier alpha value is -0.710. The van der Waals surface area contributed by atoms with Crippen LogP contribution in [-0.4, -0.2) is 17.6 Å². The van der Waals surface area contributed by atoms with Crippen LogP contribution in [0.5, 0.6) is 0 Å².